The highest BCUT2D eigenvalue weighted by Crippen LogP contribution is 1.85. The van der Waals surface area contributed by atoms with Gasteiger partial charge in [0.1, 0.15) is 0 Å². The Kier molecular flexibility index (Phi) is 8.51. The molecule has 2 heteroatoms. The minimum Gasteiger partial charge on any atom is -0.314 e. The number of rotatable bonds is 7. The Morgan fingerprint density at radius 2 is 1.83 bits per heavy atom. The molecule has 72 valence electrons. The van der Waals surface area contributed by atoms with Crippen LogP contribution in [0, 0.1) is 0 Å². The Morgan fingerprint density at radius 1 is 1.17 bits per heavy atom. The van der Waals surface area contributed by atoms with Crippen molar-refractivity contribution in [2.24, 2.45) is 0 Å². The van der Waals surface area contributed by atoms with Gasteiger partial charge in [-0.25, -0.2) is 0 Å². The van der Waals surface area contributed by atoms with Gasteiger partial charge in [0.2, 0.25) is 0 Å². The summed E-state index contributed by atoms with van der Waals surface area (Å²) in [5.74, 6) is 0. The first kappa shape index (κ1) is 11.7. The lowest BCUT2D eigenvalue weighted by Crippen LogP contribution is -2.25. The monoisotopic (exact) mass is 170 g/mol. The number of hydrogen-bond acceptors (Lipinski definition) is 2. The van der Waals surface area contributed by atoms with Gasteiger partial charge in [-0.3, -0.25) is 0 Å². The molecule has 12 heavy (non-hydrogen) atoms. The van der Waals surface area contributed by atoms with E-state index >= 15 is 0 Å². The first-order valence-corrected chi connectivity index (χ1v) is 4.90. The van der Waals surface area contributed by atoms with Crippen molar-refractivity contribution in [1.29, 1.82) is 0 Å². The van der Waals surface area contributed by atoms with Crippen molar-refractivity contribution in [3.8, 4) is 0 Å². The third-order valence-corrected chi connectivity index (χ3v) is 1.88. The molecule has 0 saturated carbocycles. The zero-order valence-corrected chi connectivity index (χ0v) is 8.56. The lowest BCUT2D eigenvalue weighted by atomic mass is 10.2. The van der Waals surface area contributed by atoms with E-state index in [0.717, 1.165) is 19.6 Å². The van der Waals surface area contributed by atoms with Crippen LogP contribution in [-0.2, 0) is 0 Å². The molecule has 0 fully saturated rings. The molecule has 0 aromatic heterocycles. The van der Waals surface area contributed by atoms with E-state index in [1.54, 1.807) is 0 Å². The molecule has 0 radical (unpaired) electrons. The Labute approximate surface area is 76.4 Å². The van der Waals surface area contributed by atoms with E-state index in [1.165, 1.54) is 6.42 Å². The molecule has 0 bridgehead atoms. The third kappa shape index (κ3) is 7.76. The van der Waals surface area contributed by atoms with Crippen LogP contribution in [0.1, 0.15) is 27.2 Å². The molecule has 0 saturated heterocycles. The van der Waals surface area contributed by atoms with Crippen molar-refractivity contribution >= 4 is 0 Å². The Morgan fingerprint density at radius 3 is 2.42 bits per heavy atom. The van der Waals surface area contributed by atoms with Crippen molar-refractivity contribution in [3.63, 3.8) is 0 Å². The second kappa shape index (κ2) is 8.75. The number of likely N-dealkylation sites (N-methyl/N-ethyl adjacent to an activating group) is 1. The van der Waals surface area contributed by atoms with E-state index in [2.05, 4.69) is 43.6 Å². The zero-order valence-electron chi connectivity index (χ0n) is 8.56. The first-order valence-electron chi connectivity index (χ1n) is 4.90. The van der Waals surface area contributed by atoms with E-state index in [-0.39, 0.29) is 0 Å². The van der Waals surface area contributed by atoms with Gasteiger partial charge in [0, 0.05) is 19.1 Å². The van der Waals surface area contributed by atoms with Gasteiger partial charge in [0.05, 0.1) is 0 Å². The highest BCUT2D eigenvalue weighted by atomic mass is 14.9. The maximum Gasteiger partial charge on any atom is 0.0137 e. The highest BCUT2D eigenvalue weighted by Gasteiger charge is 1.91. The lowest BCUT2D eigenvalue weighted by molar-refractivity contribution is 0.567. The molecule has 0 amide bonds. The van der Waals surface area contributed by atoms with E-state index in [1.807, 2.05) is 0 Å². The van der Waals surface area contributed by atoms with Gasteiger partial charge in [-0.1, -0.05) is 26.0 Å². The topological polar surface area (TPSA) is 24.1 Å². The second-order valence-corrected chi connectivity index (χ2v) is 3.00. The van der Waals surface area contributed by atoms with Crippen molar-refractivity contribution in [2.75, 3.05) is 19.6 Å². The number of hydrogen-bond donors (Lipinski definition) is 2. The van der Waals surface area contributed by atoms with Gasteiger partial charge < -0.3 is 10.6 Å². The molecule has 0 heterocycles. The maximum absolute atomic E-state index is 3.39. The standard InChI is InChI=1S/C10H22N2/c1-4-10(3)12-9-7-6-8-11-5-2/h6-7,10-12H,4-5,8-9H2,1-3H3/b7-6-. The molecular weight excluding hydrogens is 148 g/mol. The van der Waals surface area contributed by atoms with Crippen LogP contribution in [0.5, 0.6) is 0 Å². The number of nitrogens with one attached hydrogen (secondary N) is 2. The predicted molar refractivity (Wildman–Crippen MR) is 55.4 cm³/mol. The van der Waals surface area contributed by atoms with Gasteiger partial charge in [-0.05, 0) is 19.9 Å². The van der Waals surface area contributed by atoms with E-state index in [0.29, 0.717) is 6.04 Å². The quantitative estimate of drug-likeness (QED) is 0.447. The van der Waals surface area contributed by atoms with Crippen molar-refractivity contribution in [3.05, 3.63) is 12.2 Å². The Balaban J connectivity index is 3.12. The summed E-state index contributed by atoms with van der Waals surface area (Å²) in [6.07, 6.45) is 5.54. The molecular formula is C10H22N2. The molecule has 1 unspecified atom stereocenters. The minimum atomic E-state index is 0.633. The molecule has 2 nitrogen and oxygen atoms in total. The van der Waals surface area contributed by atoms with Crippen LogP contribution in [0.25, 0.3) is 0 Å². The molecule has 0 aliphatic rings. The minimum absolute atomic E-state index is 0.633. The summed E-state index contributed by atoms with van der Waals surface area (Å²) in [6, 6.07) is 0.633. The zero-order chi connectivity index (χ0) is 9.23. The summed E-state index contributed by atoms with van der Waals surface area (Å²) in [5, 5.41) is 6.63. The van der Waals surface area contributed by atoms with E-state index in [9.17, 15) is 0 Å². The van der Waals surface area contributed by atoms with E-state index < -0.39 is 0 Å². The first-order chi connectivity index (χ1) is 5.81. The van der Waals surface area contributed by atoms with Crippen LogP contribution in [0.2, 0.25) is 0 Å². The molecule has 0 spiro atoms. The van der Waals surface area contributed by atoms with Gasteiger partial charge in [-0.2, -0.15) is 0 Å². The second-order valence-electron chi connectivity index (χ2n) is 3.00. The Bertz CT molecular complexity index is 110. The maximum atomic E-state index is 3.39. The van der Waals surface area contributed by atoms with Crippen molar-refractivity contribution < 1.29 is 0 Å². The SMILES string of the molecule is CCNC/C=C\CNC(C)CC. The molecule has 0 aliphatic carbocycles. The van der Waals surface area contributed by atoms with Crippen LogP contribution in [0.3, 0.4) is 0 Å². The van der Waals surface area contributed by atoms with Crippen molar-refractivity contribution in [2.45, 2.75) is 33.2 Å². The molecule has 0 aromatic carbocycles. The highest BCUT2D eigenvalue weighted by molar-refractivity contribution is 4.86. The summed E-state index contributed by atoms with van der Waals surface area (Å²) in [4.78, 5) is 0. The molecule has 0 aromatic rings. The van der Waals surface area contributed by atoms with Crippen LogP contribution in [0.4, 0.5) is 0 Å². The van der Waals surface area contributed by atoms with E-state index in [4.69, 9.17) is 0 Å². The average Bonchev–Trinajstić information content (AvgIpc) is 2.10. The summed E-state index contributed by atoms with van der Waals surface area (Å²) < 4.78 is 0. The fourth-order valence-electron chi connectivity index (χ4n) is 0.808. The molecule has 2 N–H and O–H groups in total. The fraction of sp³-hybridized carbons (Fsp3) is 0.800. The predicted octanol–water partition coefficient (Wildman–Crippen LogP) is 1.54. The average molecular weight is 170 g/mol. The molecule has 0 aliphatic heterocycles. The summed E-state index contributed by atoms with van der Waals surface area (Å²) in [7, 11) is 0. The Hall–Kier alpha value is -0.340. The van der Waals surface area contributed by atoms with Crippen LogP contribution in [-0.4, -0.2) is 25.7 Å². The van der Waals surface area contributed by atoms with Crippen molar-refractivity contribution in [1.82, 2.24) is 10.6 Å². The van der Waals surface area contributed by atoms with Gasteiger partial charge in [-0.15, -0.1) is 0 Å². The van der Waals surface area contributed by atoms with Gasteiger partial charge in [0.15, 0.2) is 0 Å². The third-order valence-electron chi connectivity index (χ3n) is 1.88. The van der Waals surface area contributed by atoms with Crippen LogP contribution < -0.4 is 10.6 Å². The van der Waals surface area contributed by atoms with Crippen LogP contribution in [0.15, 0.2) is 12.2 Å². The smallest absolute Gasteiger partial charge is 0.0137 e. The van der Waals surface area contributed by atoms with Gasteiger partial charge >= 0.3 is 0 Å². The lowest BCUT2D eigenvalue weighted by Gasteiger charge is -2.07. The van der Waals surface area contributed by atoms with Gasteiger partial charge in [0.25, 0.3) is 0 Å². The summed E-state index contributed by atoms with van der Waals surface area (Å²) in [6.45, 7) is 9.53. The fourth-order valence-corrected chi connectivity index (χ4v) is 0.808. The molecule has 1 atom stereocenters. The molecule has 0 rings (SSSR count). The summed E-state index contributed by atoms with van der Waals surface area (Å²) in [5.41, 5.74) is 0. The normalized spacial score (nSPS) is 13.9. The summed E-state index contributed by atoms with van der Waals surface area (Å²) >= 11 is 0. The largest absolute Gasteiger partial charge is 0.314 e. The van der Waals surface area contributed by atoms with Crippen LogP contribution >= 0.6 is 0 Å².